The maximum atomic E-state index is 9.11. The van der Waals surface area contributed by atoms with Gasteiger partial charge in [0.1, 0.15) is 0 Å². The Balaban J connectivity index is 2.32. The molecule has 0 spiro atoms. The van der Waals surface area contributed by atoms with Crippen molar-refractivity contribution >= 4 is 17.4 Å². The summed E-state index contributed by atoms with van der Waals surface area (Å²) in [6.07, 6.45) is 3.56. The summed E-state index contributed by atoms with van der Waals surface area (Å²) >= 11 is 4.48. The van der Waals surface area contributed by atoms with Crippen LogP contribution in [0.4, 0.5) is 0 Å². The lowest BCUT2D eigenvalue weighted by atomic mass is 9.94. The van der Waals surface area contributed by atoms with Crippen molar-refractivity contribution in [1.82, 2.24) is 0 Å². The second-order valence-electron chi connectivity index (χ2n) is 2.68. The highest BCUT2D eigenvalue weighted by atomic mass is 32.1. The van der Waals surface area contributed by atoms with Crippen molar-refractivity contribution in [3.05, 3.63) is 0 Å². The van der Waals surface area contributed by atoms with Crippen LogP contribution in [-0.4, -0.2) is 22.4 Å². The molecule has 3 heteroatoms. The number of thiocarbonyl (C=S) groups is 1. The molecule has 0 saturated heterocycles. The Bertz CT molecular complexity index is 146. The van der Waals surface area contributed by atoms with Crippen molar-refractivity contribution in [2.24, 2.45) is 4.99 Å². The second-order valence-corrected chi connectivity index (χ2v) is 2.87. The first-order chi connectivity index (χ1) is 4.83. The third kappa shape index (κ3) is 2.18. The molecule has 1 aliphatic rings. The van der Waals surface area contributed by atoms with E-state index in [2.05, 4.69) is 22.4 Å². The predicted molar refractivity (Wildman–Crippen MR) is 43.3 cm³/mol. The summed E-state index contributed by atoms with van der Waals surface area (Å²) in [5, 5.41) is 11.5. The van der Waals surface area contributed by atoms with E-state index in [1.807, 2.05) is 0 Å². The minimum absolute atomic E-state index is 0.100. The molecule has 0 aromatic rings. The van der Waals surface area contributed by atoms with Crippen LogP contribution >= 0.6 is 12.2 Å². The summed E-state index contributed by atoms with van der Waals surface area (Å²) < 4.78 is 0. The van der Waals surface area contributed by atoms with Crippen molar-refractivity contribution in [2.45, 2.75) is 37.8 Å². The number of aliphatic hydroxyl groups is 1. The molecule has 0 aliphatic heterocycles. The molecule has 0 amide bonds. The summed E-state index contributed by atoms with van der Waals surface area (Å²) in [6, 6.07) is 0.334. The molecule has 0 atom stereocenters. The number of hydrogen-bond acceptors (Lipinski definition) is 3. The van der Waals surface area contributed by atoms with E-state index in [1.165, 1.54) is 0 Å². The third-order valence-corrected chi connectivity index (χ3v) is 2.01. The van der Waals surface area contributed by atoms with Gasteiger partial charge in [-0.2, -0.15) is 0 Å². The Hall–Kier alpha value is -0.240. The fraction of sp³-hybridized carbons (Fsp3) is 0.857. The van der Waals surface area contributed by atoms with E-state index in [-0.39, 0.29) is 6.10 Å². The average Bonchev–Trinajstić information content (AvgIpc) is 1.95. The molecule has 2 nitrogen and oxygen atoms in total. The van der Waals surface area contributed by atoms with Gasteiger partial charge in [-0.25, -0.2) is 4.99 Å². The van der Waals surface area contributed by atoms with Crippen molar-refractivity contribution < 1.29 is 5.11 Å². The van der Waals surface area contributed by atoms with Gasteiger partial charge < -0.3 is 5.11 Å². The molecule has 1 fully saturated rings. The minimum Gasteiger partial charge on any atom is -0.393 e. The molecule has 0 unspecified atom stereocenters. The molecule has 1 N–H and O–H groups in total. The Morgan fingerprint density at radius 3 is 2.40 bits per heavy atom. The predicted octanol–water partition coefficient (Wildman–Crippen LogP) is 1.39. The molecule has 0 radical (unpaired) electrons. The van der Waals surface area contributed by atoms with Gasteiger partial charge in [0.05, 0.1) is 17.3 Å². The summed E-state index contributed by atoms with van der Waals surface area (Å²) in [5.41, 5.74) is 0. The Labute approximate surface area is 66.0 Å². The van der Waals surface area contributed by atoms with E-state index >= 15 is 0 Å². The van der Waals surface area contributed by atoms with Crippen molar-refractivity contribution in [3.63, 3.8) is 0 Å². The van der Waals surface area contributed by atoms with Crippen LogP contribution < -0.4 is 0 Å². The molecule has 0 heterocycles. The Kier molecular flexibility index (Phi) is 3.00. The number of aliphatic hydroxyl groups excluding tert-OH is 1. The molecule has 0 bridgehead atoms. The van der Waals surface area contributed by atoms with E-state index in [9.17, 15) is 0 Å². The van der Waals surface area contributed by atoms with Crippen molar-refractivity contribution in [2.75, 3.05) is 0 Å². The lowest BCUT2D eigenvalue weighted by Crippen LogP contribution is -2.20. The molecular weight excluding hydrogens is 146 g/mol. The fourth-order valence-corrected chi connectivity index (χ4v) is 1.41. The largest absolute Gasteiger partial charge is 0.393 e. The molecule has 1 aliphatic carbocycles. The van der Waals surface area contributed by atoms with Crippen LogP contribution in [0.3, 0.4) is 0 Å². The van der Waals surface area contributed by atoms with Gasteiger partial charge >= 0.3 is 0 Å². The summed E-state index contributed by atoms with van der Waals surface area (Å²) in [6.45, 7) is 0. The molecular formula is C7H11NOS. The molecule has 56 valence electrons. The third-order valence-electron chi connectivity index (χ3n) is 1.90. The number of rotatable bonds is 1. The summed E-state index contributed by atoms with van der Waals surface area (Å²) in [7, 11) is 0. The normalized spacial score (nSPS) is 32.9. The lowest BCUT2D eigenvalue weighted by molar-refractivity contribution is 0.123. The van der Waals surface area contributed by atoms with E-state index < -0.39 is 0 Å². The maximum Gasteiger partial charge on any atom is 0.0604 e. The zero-order chi connectivity index (χ0) is 7.40. The van der Waals surface area contributed by atoms with Crippen molar-refractivity contribution in [1.29, 1.82) is 0 Å². The topological polar surface area (TPSA) is 32.6 Å². The quantitative estimate of drug-likeness (QED) is 0.461. The average molecular weight is 157 g/mol. The number of nitrogens with zero attached hydrogens (tertiary/aromatic N) is 1. The summed E-state index contributed by atoms with van der Waals surface area (Å²) in [4.78, 5) is 3.97. The Morgan fingerprint density at radius 1 is 1.30 bits per heavy atom. The van der Waals surface area contributed by atoms with Crippen LogP contribution in [0.5, 0.6) is 0 Å². The zero-order valence-corrected chi connectivity index (χ0v) is 6.60. The highest BCUT2D eigenvalue weighted by Gasteiger charge is 2.17. The molecule has 1 saturated carbocycles. The first kappa shape index (κ1) is 7.86. The van der Waals surface area contributed by atoms with Crippen LogP contribution in [0, 0.1) is 0 Å². The van der Waals surface area contributed by atoms with Gasteiger partial charge in [0.2, 0.25) is 0 Å². The first-order valence-corrected chi connectivity index (χ1v) is 3.99. The van der Waals surface area contributed by atoms with Crippen LogP contribution in [0.25, 0.3) is 0 Å². The highest BCUT2D eigenvalue weighted by Crippen LogP contribution is 2.20. The summed E-state index contributed by atoms with van der Waals surface area (Å²) in [5.74, 6) is 0. The smallest absolute Gasteiger partial charge is 0.0604 e. The standard InChI is InChI=1S/C7H11NOS/c9-7-3-1-6(2-4-7)8-5-10/h6-7,9H,1-4H2. The fourth-order valence-electron chi connectivity index (χ4n) is 1.26. The molecule has 10 heavy (non-hydrogen) atoms. The van der Waals surface area contributed by atoms with Gasteiger partial charge in [0, 0.05) is 0 Å². The van der Waals surface area contributed by atoms with Gasteiger partial charge in [-0.15, -0.1) is 0 Å². The first-order valence-electron chi connectivity index (χ1n) is 3.58. The Morgan fingerprint density at radius 2 is 1.90 bits per heavy atom. The molecule has 1 rings (SSSR count). The van der Waals surface area contributed by atoms with Crippen LogP contribution in [0.2, 0.25) is 0 Å². The van der Waals surface area contributed by atoms with Crippen molar-refractivity contribution in [3.8, 4) is 0 Å². The van der Waals surface area contributed by atoms with Gasteiger partial charge in [-0.3, -0.25) is 0 Å². The monoisotopic (exact) mass is 157 g/mol. The van der Waals surface area contributed by atoms with E-state index in [1.54, 1.807) is 0 Å². The second kappa shape index (κ2) is 3.81. The van der Waals surface area contributed by atoms with Crippen LogP contribution in [-0.2, 0) is 0 Å². The minimum atomic E-state index is -0.100. The van der Waals surface area contributed by atoms with Gasteiger partial charge in [0.25, 0.3) is 0 Å². The molecule has 0 aromatic heterocycles. The lowest BCUT2D eigenvalue weighted by Gasteiger charge is -2.20. The number of isothiocyanates is 1. The molecule has 0 aromatic carbocycles. The van der Waals surface area contributed by atoms with E-state index in [4.69, 9.17) is 5.11 Å². The van der Waals surface area contributed by atoms with E-state index in [0.717, 1.165) is 25.7 Å². The van der Waals surface area contributed by atoms with Crippen LogP contribution in [0.15, 0.2) is 4.99 Å². The van der Waals surface area contributed by atoms with Gasteiger partial charge in [-0.1, -0.05) is 0 Å². The maximum absolute atomic E-state index is 9.11. The highest BCUT2D eigenvalue weighted by molar-refractivity contribution is 7.78. The van der Waals surface area contributed by atoms with Crippen LogP contribution in [0.1, 0.15) is 25.7 Å². The number of aliphatic imine (C=N–C) groups is 1. The SMILES string of the molecule is OC1CCC(N=C=S)CC1. The van der Waals surface area contributed by atoms with Gasteiger partial charge in [-0.05, 0) is 37.9 Å². The van der Waals surface area contributed by atoms with Gasteiger partial charge in [0.15, 0.2) is 0 Å². The van der Waals surface area contributed by atoms with E-state index in [0.29, 0.717) is 6.04 Å². The number of hydrogen-bond donors (Lipinski definition) is 1. The zero-order valence-electron chi connectivity index (χ0n) is 5.79.